The van der Waals surface area contributed by atoms with Gasteiger partial charge in [0, 0.05) is 13.5 Å². The van der Waals surface area contributed by atoms with Gasteiger partial charge in [-0.25, -0.2) is 4.39 Å². The number of benzene rings is 1. The predicted molar refractivity (Wildman–Crippen MR) is 78.3 cm³/mol. The zero-order valence-electron chi connectivity index (χ0n) is 12.4. The molecule has 6 nitrogen and oxygen atoms in total. The Morgan fingerprint density at radius 2 is 2.27 bits per heavy atom. The maximum atomic E-state index is 12.2. The van der Waals surface area contributed by atoms with E-state index in [-0.39, 0.29) is 12.0 Å². The minimum atomic E-state index is -1.12. The molecule has 0 radical (unpaired) electrons. The van der Waals surface area contributed by atoms with Crippen LogP contribution in [0.1, 0.15) is 24.8 Å². The van der Waals surface area contributed by atoms with E-state index in [1.807, 2.05) is 0 Å². The molecule has 0 aliphatic carbocycles. The second kappa shape index (κ2) is 8.33. The van der Waals surface area contributed by atoms with Gasteiger partial charge in [-0.1, -0.05) is 17.3 Å². The van der Waals surface area contributed by atoms with Gasteiger partial charge in [0.05, 0.1) is 12.2 Å². The highest BCUT2D eigenvalue weighted by molar-refractivity contribution is 6.45. The summed E-state index contributed by atoms with van der Waals surface area (Å²) < 4.78 is 23.5. The van der Waals surface area contributed by atoms with E-state index in [2.05, 4.69) is 15.3 Å². The lowest BCUT2D eigenvalue weighted by Crippen LogP contribution is -2.30. The number of amides is 1. The van der Waals surface area contributed by atoms with Crippen molar-refractivity contribution in [1.29, 1.82) is 0 Å². The van der Waals surface area contributed by atoms with E-state index < -0.39 is 12.8 Å². The Morgan fingerprint density at radius 3 is 2.95 bits per heavy atom. The Bertz CT molecular complexity index is 530. The van der Waals surface area contributed by atoms with Crippen LogP contribution in [-0.4, -0.2) is 38.4 Å². The number of nitrogens with zero attached hydrogens (tertiary/aromatic N) is 1. The van der Waals surface area contributed by atoms with Gasteiger partial charge in [0.25, 0.3) is 12.8 Å². The van der Waals surface area contributed by atoms with Gasteiger partial charge >= 0.3 is 0 Å². The van der Waals surface area contributed by atoms with Crippen LogP contribution in [0.15, 0.2) is 29.4 Å². The lowest BCUT2D eigenvalue weighted by atomic mass is 10.1. The third-order valence-corrected chi connectivity index (χ3v) is 3.19. The number of carbonyl (C=O) groups is 1. The van der Waals surface area contributed by atoms with Gasteiger partial charge in [-0.3, -0.25) is 4.79 Å². The highest BCUT2D eigenvalue weighted by Crippen LogP contribution is 2.24. The first-order valence-corrected chi connectivity index (χ1v) is 7.12. The number of hydrogen-bond acceptors (Lipinski definition) is 5. The minimum Gasteiger partial charge on any atom is -0.464 e. The average Bonchev–Trinajstić information content (AvgIpc) is 2.57. The van der Waals surface area contributed by atoms with E-state index in [0.29, 0.717) is 17.9 Å². The molecule has 1 fully saturated rings. The molecule has 1 aromatic carbocycles. The average molecular weight is 310 g/mol. The number of likely N-dealkylation sites (N-methyl/N-ethyl adjacent to an activating group) is 1. The van der Waals surface area contributed by atoms with Crippen molar-refractivity contribution in [3.05, 3.63) is 29.8 Å². The molecule has 0 bridgehead atoms. The van der Waals surface area contributed by atoms with Crippen LogP contribution in [-0.2, 0) is 14.4 Å². The molecule has 1 N–H and O–H groups in total. The molecular weight excluding hydrogens is 291 g/mol. The lowest BCUT2D eigenvalue weighted by molar-refractivity contribution is -0.114. The molecule has 0 aromatic heterocycles. The van der Waals surface area contributed by atoms with Crippen molar-refractivity contribution in [2.24, 2.45) is 5.16 Å². The summed E-state index contributed by atoms with van der Waals surface area (Å²) in [6.07, 6.45) is 2.45. The summed E-state index contributed by atoms with van der Waals surface area (Å²) in [4.78, 5) is 16.3. The van der Waals surface area contributed by atoms with Crippen molar-refractivity contribution in [2.45, 2.75) is 25.6 Å². The maximum Gasteiger partial charge on any atom is 0.273 e. The van der Waals surface area contributed by atoms with Crippen LogP contribution in [0, 0.1) is 0 Å². The van der Waals surface area contributed by atoms with Gasteiger partial charge in [0.1, 0.15) is 5.75 Å². The minimum absolute atomic E-state index is 0.0495. The van der Waals surface area contributed by atoms with Crippen LogP contribution >= 0.6 is 0 Å². The number of carbonyl (C=O) groups excluding carboxylic acids is 1. The fourth-order valence-electron chi connectivity index (χ4n) is 2.13. The van der Waals surface area contributed by atoms with Crippen molar-refractivity contribution in [2.75, 3.05) is 20.5 Å². The summed E-state index contributed by atoms with van der Waals surface area (Å²) in [5.74, 6) is -0.0479. The molecule has 1 amide bonds. The third-order valence-electron chi connectivity index (χ3n) is 3.19. The molecule has 1 saturated heterocycles. The van der Waals surface area contributed by atoms with Crippen molar-refractivity contribution in [3.8, 4) is 5.75 Å². The van der Waals surface area contributed by atoms with Crippen LogP contribution < -0.4 is 10.1 Å². The molecule has 0 saturated carbocycles. The van der Waals surface area contributed by atoms with Gasteiger partial charge in [0.15, 0.2) is 12.0 Å². The topological polar surface area (TPSA) is 69.2 Å². The second-order valence-corrected chi connectivity index (χ2v) is 4.67. The highest BCUT2D eigenvalue weighted by atomic mass is 19.1. The zero-order valence-corrected chi connectivity index (χ0v) is 12.4. The first-order chi connectivity index (χ1) is 10.8. The van der Waals surface area contributed by atoms with Crippen molar-refractivity contribution in [1.82, 2.24) is 5.32 Å². The van der Waals surface area contributed by atoms with Crippen LogP contribution in [0.4, 0.5) is 4.39 Å². The van der Waals surface area contributed by atoms with Crippen LogP contribution in [0.25, 0.3) is 0 Å². The summed E-state index contributed by atoms with van der Waals surface area (Å²) in [6, 6.07) is 6.88. The SMILES string of the molecule is CNC(=O)C(=NOCF)c1ccccc1OC1CCCCO1. The van der Waals surface area contributed by atoms with Gasteiger partial charge in [-0.15, -0.1) is 0 Å². The Hall–Kier alpha value is -2.15. The van der Waals surface area contributed by atoms with Crippen LogP contribution in [0.2, 0.25) is 0 Å². The molecule has 1 unspecified atom stereocenters. The van der Waals surface area contributed by atoms with E-state index in [1.54, 1.807) is 24.3 Å². The molecule has 22 heavy (non-hydrogen) atoms. The third kappa shape index (κ3) is 4.17. The van der Waals surface area contributed by atoms with Crippen LogP contribution in [0.3, 0.4) is 0 Å². The monoisotopic (exact) mass is 310 g/mol. The van der Waals surface area contributed by atoms with E-state index in [1.165, 1.54) is 7.05 Å². The standard InChI is InChI=1S/C15H19FN2O4/c1-17-15(19)14(18-21-10-16)11-6-2-3-7-12(11)22-13-8-4-5-9-20-13/h2-3,6-7,13H,4-5,8-10H2,1H3,(H,17,19). The number of alkyl halides is 1. The second-order valence-electron chi connectivity index (χ2n) is 4.67. The Balaban J connectivity index is 2.26. The summed E-state index contributed by atoms with van der Waals surface area (Å²) in [5.41, 5.74) is 0.371. The number of hydrogen-bond donors (Lipinski definition) is 1. The summed E-state index contributed by atoms with van der Waals surface area (Å²) >= 11 is 0. The fourth-order valence-corrected chi connectivity index (χ4v) is 2.13. The highest BCUT2D eigenvalue weighted by Gasteiger charge is 2.22. The number of ether oxygens (including phenoxy) is 2. The number of halogens is 1. The summed E-state index contributed by atoms with van der Waals surface area (Å²) in [6.45, 7) is -0.469. The molecule has 7 heteroatoms. The number of para-hydroxylation sites is 1. The number of nitrogens with one attached hydrogen (secondary N) is 1. The predicted octanol–water partition coefficient (Wildman–Crippen LogP) is 1.99. The van der Waals surface area contributed by atoms with Crippen LogP contribution in [0.5, 0.6) is 5.75 Å². The van der Waals surface area contributed by atoms with Gasteiger partial charge in [-0.2, -0.15) is 0 Å². The zero-order chi connectivity index (χ0) is 15.8. The summed E-state index contributed by atoms with van der Waals surface area (Å²) in [7, 11) is 1.46. The van der Waals surface area contributed by atoms with E-state index in [4.69, 9.17) is 9.47 Å². The van der Waals surface area contributed by atoms with E-state index in [9.17, 15) is 9.18 Å². The number of oxime groups is 1. The first-order valence-electron chi connectivity index (χ1n) is 7.12. The Kier molecular flexibility index (Phi) is 6.14. The van der Waals surface area contributed by atoms with E-state index >= 15 is 0 Å². The smallest absolute Gasteiger partial charge is 0.273 e. The Morgan fingerprint density at radius 1 is 1.45 bits per heavy atom. The molecule has 1 aromatic rings. The normalized spacial score (nSPS) is 18.6. The van der Waals surface area contributed by atoms with Crippen molar-refractivity contribution < 1.29 is 23.5 Å². The largest absolute Gasteiger partial charge is 0.464 e. The van der Waals surface area contributed by atoms with E-state index in [0.717, 1.165) is 19.3 Å². The maximum absolute atomic E-state index is 12.2. The lowest BCUT2D eigenvalue weighted by Gasteiger charge is -2.24. The number of rotatable bonds is 6. The summed E-state index contributed by atoms with van der Waals surface area (Å²) in [5, 5.41) is 5.99. The van der Waals surface area contributed by atoms with Crippen molar-refractivity contribution in [3.63, 3.8) is 0 Å². The van der Waals surface area contributed by atoms with Crippen molar-refractivity contribution >= 4 is 11.6 Å². The first kappa shape index (κ1) is 16.2. The molecule has 1 aliphatic heterocycles. The molecular formula is C15H19FN2O4. The molecule has 1 atom stereocenters. The molecule has 1 heterocycles. The molecule has 0 spiro atoms. The van der Waals surface area contributed by atoms with Gasteiger partial charge in [-0.05, 0) is 25.0 Å². The fraction of sp³-hybridized carbons (Fsp3) is 0.467. The molecule has 120 valence electrons. The molecule has 1 aliphatic rings. The van der Waals surface area contributed by atoms with Gasteiger partial charge < -0.3 is 19.6 Å². The Labute approximate surface area is 128 Å². The van der Waals surface area contributed by atoms with Gasteiger partial charge in [0.2, 0.25) is 0 Å². The quantitative estimate of drug-likeness (QED) is 0.644. The molecule has 2 rings (SSSR count).